The SMILES string of the molecule is C[C@@H](NC(=O)COc1ccc(N(Cc2ccc(Cl)cc2)S(C)(=O)=O)cc1)c1ccc(Cl)cc1. The van der Waals surface area contributed by atoms with E-state index in [0.29, 0.717) is 21.5 Å². The lowest BCUT2D eigenvalue weighted by atomic mass is 10.1. The third-order valence-corrected chi connectivity index (χ3v) is 6.53. The van der Waals surface area contributed by atoms with E-state index in [1.165, 1.54) is 4.31 Å². The van der Waals surface area contributed by atoms with Gasteiger partial charge in [-0.15, -0.1) is 0 Å². The predicted molar refractivity (Wildman–Crippen MR) is 132 cm³/mol. The molecule has 0 unspecified atom stereocenters. The van der Waals surface area contributed by atoms with E-state index in [1.54, 1.807) is 60.7 Å². The van der Waals surface area contributed by atoms with Crippen LogP contribution in [0.5, 0.6) is 5.75 Å². The quantitative estimate of drug-likeness (QED) is 0.431. The van der Waals surface area contributed by atoms with Crippen LogP contribution in [0.15, 0.2) is 72.8 Å². The van der Waals surface area contributed by atoms with Crippen LogP contribution in [0, 0.1) is 0 Å². The van der Waals surface area contributed by atoms with Crippen molar-refractivity contribution in [1.29, 1.82) is 0 Å². The molecule has 0 aliphatic carbocycles. The van der Waals surface area contributed by atoms with Gasteiger partial charge in [0.2, 0.25) is 10.0 Å². The molecule has 0 aromatic heterocycles. The number of nitrogens with zero attached hydrogens (tertiary/aromatic N) is 1. The Morgan fingerprint density at radius 2 is 1.48 bits per heavy atom. The molecule has 3 rings (SSSR count). The highest BCUT2D eigenvalue weighted by atomic mass is 35.5. The van der Waals surface area contributed by atoms with E-state index in [9.17, 15) is 13.2 Å². The molecule has 0 saturated carbocycles. The molecule has 0 fully saturated rings. The number of rotatable bonds is 9. The highest BCUT2D eigenvalue weighted by Crippen LogP contribution is 2.24. The number of carbonyl (C=O) groups excluding carboxylic acids is 1. The van der Waals surface area contributed by atoms with E-state index in [4.69, 9.17) is 27.9 Å². The van der Waals surface area contributed by atoms with Crippen molar-refractivity contribution in [1.82, 2.24) is 5.32 Å². The molecule has 0 radical (unpaired) electrons. The molecule has 33 heavy (non-hydrogen) atoms. The lowest BCUT2D eigenvalue weighted by molar-refractivity contribution is -0.123. The molecule has 0 spiro atoms. The van der Waals surface area contributed by atoms with Crippen LogP contribution in [0.2, 0.25) is 10.0 Å². The standard InChI is InChI=1S/C24H24Cl2N2O4S/c1-17(19-5-9-21(26)10-6-19)27-24(29)16-32-23-13-11-22(12-14-23)28(33(2,30)31)15-18-3-7-20(25)8-4-18/h3-14,17H,15-16H2,1-2H3,(H,27,29)/t17-/m1/s1. The summed E-state index contributed by atoms with van der Waals surface area (Å²) in [6.45, 7) is 1.87. The van der Waals surface area contributed by atoms with Crippen LogP contribution in [0.25, 0.3) is 0 Å². The van der Waals surface area contributed by atoms with Crippen molar-refractivity contribution in [3.05, 3.63) is 94.0 Å². The zero-order valence-electron chi connectivity index (χ0n) is 18.2. The first-order valence-corrected chi connectivity index (χ1v) is 12.7. The van der Waals surface area contributed by atoms with E-state index < -0.39 is 10.0 Å². The smallest absolute Gasteiger partial charge is 0.258 e. The molecule has 0 heterocycles. The van der Waals surface area contributed by atoms with Crippen LogP contribution in [0.1, 0.15) is 24.1 Å². The van der Waals surface area contributed by atoms with Crippen LogP contribution in [0.3, 0.4) is 0 Å². The fraction of sp³-hybridized carbons (Fsp3) is 0.208. The number of hydrogen-bond acceptors (Lipinski definition) is 4. The molecule has 1 N–H and O–H groups in total. The van der Waals surface area contributed by atoms with Gasteiger partial charge in [-0.3, -0.25) is 9.10 Å². The van der Waals surface area contributed by atoms with Crippen molar-refractivity contribution >= 4 is 44.8 Å². The molecule has 174 valence electrons. The lowest BCUT2D eigenvalue weighted by Crippen LogP contribution is -2.31. The maximum Gasteiger partial charge on any atom is 0.258 e. The molecule has 3 aromatic rings. The summed E-state index contributed by atoms with van der Waals surface area (Å²) in [5, 5.41) is 4.08. The predicted octanol–water partition coefficient (Wildman–Crippen LogP) is 5.22. The van der Waals surface area contributed by atoms with Crippen LogP contribution in [-0.4, -0.2) is 27.2 Å². The van der Waals surface area contributed by atoms with Gasteiger partial charge in [0.1, 0.15) is 5.75 Å². The molecule has 0 saturated heterocycles. The number of benzene rings is 3. The molecule has 6 nitrogen and oxygen atoms in total. The van der Waals surface area contributed by atoms with Gasteiger partial charge in [-0.25, -0.2) is 8.42 Å². The van der Waals surface area contributed by atoms with Crippen molar-refractivity contribution in [3.63, 3.8) is 0 Å². The Balaban J connectivity index is 1.60. The first kappa shape index (κ1) is 24.9. The Kier molecular flexibility index (Phi) is 8.24. The van der Waals surface area contributed by atoms with Crippen molar-refractivity contribution in [3.8, 4) is 5.75 Å². The lowest BCUT2D eigenvalue weighted by Gasteiger charge is -2.23. The molecule has 1 atom stereocenters. The first-order chi connectivity index (χ1) is 15.6. The summed E-state index contributed by atoms with van der Waals surface area (Å²) in [5.41, 5.74) is 2.22. The number of nitrogens with one attached hydrogen (secondary N) is 1. The number of sulfonamides is 1. The molecule has 9 heteroatoms. The third kappa shape index (κ3) is 7.39. The number of ether oxygens (including phenoxy) is 1. The third-order valence-electron chi connectivity index (χ3n) is 4.88. The highest BCUT2D eigenvalue weighted by molar-refractivity contribution is 7.92. The molecule has 0 bridgehead atoms. The zero-order valence-corrected chi connectivity index (χ0v) is 20.5. The minimum atomic E-state index is -3.52. The number of halogens is 2. The van der Waals surface area contributed by atoms with Crippen molar-refractivity contribution < 1.29 is 17.9 Å². The number of hydrogen-bond donors (Lipinski definition) is 1. The largest absolute Gasteiger partial charge is 0.484 e. The number of amides is 1. The molecular weight excluding hydrogens is 483 g/mol. The van der Waals surface area contributed by atoms with Crippen LogP contribution >= 0.6 is 23.2 Å². The van der Waals surface area contributed by atoms with E-state index in [1.807, 2.05) is 19.1 Å². The molecule has 0 aliphatic heterocycles. The maximum absolute atomic E-state index is 12.3. The zero-order chi connectivity index (χ0) is 24.0. The van der Waals surface area contributed by atoms with Crippen molar-refractivity contribution in [2.24, 2.45) is 0 Å². The van der Waals surface area contributed by atoms with E-state index >= 15 is 0 Å². The van der Waals surface area contributed by atoms with Gasteiger partial charge in [-0.05, 0) is 66.6 Å². The molecule has 3 aromatic carbocycles. The Bertz CT molecular complexity index is 1180. The summed E-state index contributed by atoms with van der Waals surface area (Å²) in [7, 11) is -3.52. The van der Waals surface area contributed by atoms with Crippen LogP contribution < -0.4 is 14.4 Å². The van der Waals surface area contributed by atoms with Gasteiger partial charge in [0.15, 0.2) is 6.61 Å². The summed E-state index contributed by atoms with van der Waals surface area (Å²) in [6, 6.07) is 20.6. The van der Waals surface area contributed by atoms with Gasteiger partial charge in [0.05, 0.1) is 24.5 Å². The van der Waals surface area contributed by atoms with Gasteiger partial charge in [0.25, 0.3) is 5.91 Å². The molecule has 0 aliphatic rings. The average molecular weight is 507 g/mol. The Morgan fingerprint density at radius 1 is 0.939 bits per heavy atom. The van der Waals surface area contributed by atoms with Crippen LogP contribution in [-0.2, 0) is 21.4 Å². The number of anilines is 1. The topological polar surface area (TPSA) is 75.7 Å². The van der Waals surface area contributed by atoms with E-state index in [-0.39, 0.29) is 25.1 Å². The summed E-state index contributed by atoms with van der Waals surface area (Å²) in [5.74, 6) is 0.176. The van der Waals surface area contributed by atoms with E-state index in [2.05, 4.69) is 5.32 Å². The van der Waals surface area contributed by atoms with Gasteiger partial charge < -0.3 is 10.1 Å². The second-order valence-corrected chi connectivity index (χ2v) is 10.3. The fourth-order valence-corrected chi connectivity index (χ4v) is 4.27. The highest BCUT2D eigenvalue weighted by Gasteiger charge is 2.18. The summed E-state index contributed by atoms with van der Waals surface area (Å²) in [6.07, 6.45) is 1.15. The number of carbonyl (C=O) groups is 1. The molecular formula is C24H24Cl2N2O4S. The normalized spacial score (nSPS) is 12.1. The monoisotopic (exact) mass is 506 g/mol. The second kappa shape index (κ2) is 10.9. The summed E-state index contributed by atoms with van der Waals surface area (Å²) >= 11 is 11.8. The van der Waals surface area contributed by atoms with Gasteiger partial charge in [-0.1, -0.05) is 47.5 Å². The van der Waals surface area contributed by atoms with Gasteiger partial charge >= 0.3 is 0 Å². The summed E-state index contributed by atoms with van der Waals surface area (Å²) < 4.78 is 31.6. The minimum Gasteiger partial charge on any atom is -0.484 e. The molecule has 1 amide bonds. The first-order valence-electron chi connectivity index (χ1n) is 10.1. The van der Waals surface area contributed by atoms with Crippen molar-refractivity contribution in [2.45, 2.75) is 19.5 Å². The van der Waals surface area contributed by atoms with Crippen LogP contribution in [0.4, 0.5) is 5.69 Å². The second-order valence-electron chi connectivity index (χ2n) is 7.52. The fourth-order valence-electron chi connectivity index (χ4n) is 3.13. The average Bonchev–Trinajstić information content (AvgIpc) is 2.77. The maximum atomic E-state index is 12.3. The Labute approximate surface area is 204 Å². The Morgan fingerprint density at radius 3 is 2.03 bits per heavy atom. The Hall–Kier alpha value is -2.74. The minimum absolute atomic E-state index is 0.168. The van der Waals surface area contributed by atoms with E-state index in [0.717, 1.165) is 17.4 Å². The summed E-state index contributed by atoms with van der Waals surface area (Å²) in [4.78, 5) is 12.2. The van der Waals surface area contributed by atoms with Gasteiger partial charge in [-0.2, -0.15) is 0 Å². The van der Waals surface area contributed by atoms with Gasteiger partial charge in [0, 0.05) is 10.0 Å². The van der Waals surface area contributed by atoms with Crippen molar-refractivity contribution in [2.75, 3.05) is 17.2 Å².